The molecule has 0 bridgehead atoms. The molecule has 0 saturated carbocycles. The Morgan fingerprint density at radius 1 is 1.00 bits per heavy atom. The number of benzene rings is 1. The molecule has 0 aliphatic carbocycles. The molecule has 1 aromatic heterocycles. The first-order valence-corrected chi connectivity index (χ1v) is 9.16. The maximum atomic E-state index is 10.3. The van der Waals surface area contributed by atoms with Gasteiger partial charge in [0.25, 0.3) is 0 Å². The van der Waals surface area contributed by atoms with Crippen LogP contribution in [0.1, 0.15) is 6.92 Å². The normalized spacial score (nSPS) is 16.3. The summed E-state index contributed by atoms with van der Waals surface area (Å²) in [6, 6.07) is 13.5. The summed E-state index contributed by atoms with van der Waals surface area (Å²) in [6.07, 6.45) is 1.31. The van der Waals surface area contributed by atoms with Gasteiger partial charge < -0.3 is 19.5 Å². The molecule has 1 fully saturated rings. The van der Waals surface area contributed by atoms with Crippen LogP contribution < -0.4 is 14.4 Å². The Morgan fingerprint density at radius 3 is 2.31 bits per heavy atom. The molecule has 3 rings (SSSR count). The van der Waals surface area contributed by atoms with Gasteiger partial charge in [0.15, 0.2) is 0 Å². The monoisotopic (exact) mass is 357 g/mol. The number of ether oxygens (including phenoxy) is 2. The largest absolute Gasteiger partial charge is 0.494 e. The van der Waals surface area contributed by atoms with Crippen molar-refractivity contribution in [2.75, 3.05) is 50.8 Å². The van der Waals surface area contributed by atoms with Crippen LogP contribution in [0.3, 0.4) is 0 Å². The van der Waals surface area contributed by atoms with E-state index in [2.05, 4.69) is 14.8 Å². The first-order valence-electron chi connectivity index (χ1n) is 9.16. The molecule has 26 heavy (non-hydrogen) atoms. The minimum atomic E-state index is -0.511. The highest BCUT2D eigenvalue weighted by Crippen LogP contribution is 2.18. The fourth-order valence-electron chi connectivity index (χ4n) is 3.04. The summed E-state index contributed by atoms with van der Waals surface area (Å²) < 4.78 is 11.1. The molecular formula is C20H27N3O3. The van der Waals surface area contributed by atoms with Gasteiger partial charge in [-0.3, -0.25) is 4.90 Å². The number of aliphatic hydroxyl groups excluding tert-OH is 1. The summed E-state index contributed by atoms with van der Waals surface area (Å²) in [7, 11) is 0. The summed E-state index contributed by atoms with van der Waals surface area (Å²) in [4.78, 5) is 8.94. The number of piperazine rings is 1. The van der Waals surface area contributed by atoms with Crippen molar-refractivity contribution in [2.45, 2.75) is 13.0 Å². The lowest BCUT2D eigenvalue weighted by atomic mass is 10.2. The fourth-order valence-corrected chi connectivity index (χ4v) is 3.04. The minimum Gasteiger partial charge on any atom is -0.494 e. The van der Waals surface area contributed by atoms with Crippen LogP contribution in [0.5, 0.6) is 11.5 Å². The number of hydrogen-bond acceptors (Lipinski definition) is 6. The maximum Gasteiger partial charge on any atom is 0.128 e. The Bertz CT molecular complexity index is 643. The first-order chi connectivity index (χ1) is 12.7. The van der Waals surface area contributed by atoms with Crippen molar-refractivity contribution in [1.82, 2.24) is 9.88 Å². The van der Waals surface area contributed by atoms with Crippen molar-refractivity contribution in [2.24, 2.45) is 0 Å². The Morgan fingerprint density at radius 2 is 1.69 bits per heavy atom. The van der Waals surface area contributed by atoms with Crippen molar-refractivity contribution in [3.05, 3.63) is 48.7 Å². The van der Waals surface area contributed by atoms with Gasteiger partial charge in [-0.25, -0.2) is 4.98 Å². The molecule has 1 aromatic carbocycles. The van der Waals surface area contributed by atoms with Gasteiger partial charge >= 0.3 is 0 Å². The van der Waals surface area contributed by atoms with Crippen LogP contribution in [0.4, 0.5) is 5.82 Å². The van der Waals surface area contributed by atoms with Gasteiger partial charge in [0.2, 0.25) is 0 Å². The Labute approximate surface area is 155 Å². The standard InChI is InChI=1S/C20H27N3O3/c1-2-25-18-6-8-19(9-7-18)26-16-17(24)15-22-11-13-23(14-12-22)20-5-3-4-10-21-20/h3-10,17,24H,2,11-16H2,1H3. The summed E-state index contributed by atoms with van der Waals surface area (Å²) in [6.45, 7) is 7.17. The molecule has 1 N–H and O–H groups in total. The number of nitrogens with zero attached hydrogens (tertiary/aromatic N) is 3. The zero-order valence-corrected chi connectivity index (χ0v) is 15.3. The van der Waals surface area contributed by atoms with E-state index in [-0.39, 0.29) is 6.61 Å². The van der Waals surface area contributed by atoms with Gasteiger partial charge in [-0.2, -0.15) is 0 Å². The number of β-amino-alcohol motifs (C(OH)–C–C–N with tert-alkyl or cyclic N) is 1. The number of pyridine rings is 1. The number of hydrogen-bond donors (Lipinski definition) is 1. The van der Waals surface area contributed by atoms with E-state index in [1.54, 1.807) is 0 Å². The van der Waals surface area contributed by atoms with E-state index in [0.717, 1.165) is 43.5 Å². The van der Waals surface area contributed by atoms with Crippen LogP contribution >= 0.6 is 0 Å². The molecule has 1 aliphatic rings. The van der Waals surface area contributed by atoms with Crippen LogP contribution in [0, 0.1) is 0 Å². The van der Waals surface area contributed by atoms with Crippen molar-refractivity contribution < 1.29 is 14.6 Å². The predicted octanol–water partition coefficient (Wildman–Crippen LogP) is 2.04. The molecule has 0 amide bonds. The molecule has 1 saturated heterocycles. The summed E-state index contributed by atoms with van der Waals surface area (Å²) in [5.74, 6) is 2.59. The van der Waals surface area contributed by atoms with Gasteiger partial charge in [-0.15, -0.1) is 0 Å². The van der Waals surface area contributed by atoms with Gasteiger partial charge in [-0.1, -0.05) is 6.07 Å². The number of aliphatic hydroxyl groups is 1. The summed E-state index contributed by atoms with van der Waals surface area (Å²) in [5.41, 5.74) is 0. The number of rotatable bonds is 8. The second kappa shape index (κ2) is 9.40. The lowest BCUT2D eigenvalue weighted by molar-refractivity contribution is 0.0662. The lowest BCUT2D eigenvalue weighted by Gasteiger charge is -2.36. The highest BCUT2D eigenvalue weighted by Gasteiger charge is 2.20. The van der Waals surface area contributed by atoms with Gasteiger partial charge in [0.05, 0.1) is 6.61 Å². The Kier molecular flexibility index (Phi) is 6.68. The van der Waals surface area contributed by atoms with Crippen molar-refractivity contribution >= 4 is 5.82 Å². The van der Waals surface area contributed by atoms with Crippen LogP contribution in [-0.2, 0) is 0 Å². The molecule has 1 unspecified atom stereocenters. The van der Waals surface area contributed by atoms with Crippen molar-refractivity contribution in [1.29, 1.82) is 0 Å². The molecule has 2 aromatic rings. The zero-order valence-electron chi connectivity index (χ0n) is 15.3. The second-order valence-corrected chi connectivity index (χ2v) is 6.34. The summed E-state index contributed by atoms with van der Waals surface area (Å²) in [5, 5.41) is 10.3. The third kappa shape index (κ3) is 5.34. The number of aromatic nitrogens is 1. The first kappa shape index (κ1) is 18.5. The molecule has 6 nitrogen and oxygen atoms in total. The third-order valence-corrected chi connectivity index (χ3v) is 4.39. The van der Waals surface area contributed by atoms with Gasteiger partial charge in [0.1, 0.15) is 30.0 Å². The molecule has 6 heteroatoms. The zero-order chi connectivity index (χ0) is 18.2. The summed E-state index contributed by atoms with van der Waals surface area (Å²) >= 11 is 0. The second-order valence-electron chi connectivity index (χ2n) is 6.34. The maximum absolute atomic E-state index is 10.3. The van der Waals surface area contributed by atoms with E-state index < -0.39 is 6.10 Å². The average Bonchev–Trinajstić information content (AvgIpc) is 2.69. The van der Waals surface area contributed by atoms with E-state index in [0.29, 0.717) is 13.2 Å². The highest BCUT2D eigenvalue weighted by molar-refractivity contribution is 5.38. The topological polar surface area (TPSA) is 58.1 Å². The van der Waals surface area contributed by atoms with Crippen molar-refractivity contribution in [3.8, 4) is 11.5 Å². The number of anilines is 1. The molecule has 1 atom stereocenters. The van der Waals surface area contributed by atoms with Crippen LogP contribution in [0.15, 0.2) is 48.7 Å². The van der Waals surface area contributed by atoms with Gasteiger partial charge in [-0.05, 0) is 43.3 Å². The fraction of sp³-hybridized carbons (Fsp3) is 0.450. The Hall–Kier alpha value is -2.31. The molecule has 1 aliphatic heterocycles. The molecular weight excluding hydrogens is 330 g/mol. The lowest BCUT2D eigenvalue weighted by Crippen LogP contribution is -2.49. The van der Waals surface area contributed by atoms with E-state index in [9.17, 15) is 5.11 Å². The van der Waals surface area contributed by atoms with Crippen LogP contribution in [0.2, 0.25) is 0 Å². The minimum absolute atomic E-state index is 0.286. The van der Waals surface area contributed by atoms with Crippen LogP contribution in [0.25, 0.3) is 0 Å². The van der Waals surface area contributed by atoms with E-state index in [1.807, 2.05) is 55.6 Å². The van der Waals surface area contributed by atoms with E-state index in [4.69, 9.17) is 9.47 Å². The van der Waals surface area contributed by atoms with Crippen molar-refractivity contribution in [3.63, 3.8) is 0 Å². The highest BCUT2D eigenvalue weighted by atomic mass is 16.5. The van der Waals surface area contributed by atoms with Crippen LogP contribution in [-0.4, -0.2) is 67.0 Å². The predicted molar refractivity (Wildman–Crippen MR) is 102 cm³/mol. The molecule has 0 spiro atoms. The molecule has 2 heterocycles. The Balaban J connectivity index is 1.38. The quantitative estimate of drug-likeness (QED) is 0.780. The molecule has 0 radical (unpaired) electrons. The smallest absolute Gasteiger partial charge is 0.128 e. The molecule has 140 valence electrons. The average molecular weight is 357 g/mol. The van der Waals surface area contributed by atoms with E-state index >= 15 is 0 Å². The SMILES string of the molecule is CCOc1ccc(OCC(O)CN2CCN(c3ccccn3)CC2)cc1. The van der Waals surface area contributed by atoms with E-state index in [1.165, 1.54) is 0 Å². The third-order valence-electron chi connectivity index (χ3n) is 4.39. The van der Waals surface area contributed by atoms with Gasteiger partial charge in [0, 0.05) is 38.9 Å².